The molecule has 0 radical (unpaired) electrons. The molecule has 144 valence electrons. The van der Waals surface area contributed by atoms with Gasteiger partial charge < -0.3 is 15.4 Å². The van der Waals surface area contributed by atoms with E-state index in [1.54, 1.807) is 11.3 Å². The first-order valence-corrected chi connectivity index (χ1v) is 9.78. The molecule has 3 N–H and O–H groups in total. The maximum absolute atomic E-state index is 11.4. The number of likely N-dealkylation sites (tertiary alicyclic amines) is 1. The molecule has 1 fully saturated rings. The number of ether oxygens (including phenoxy) is 1. The van der Waals surface area contributed by atoms with E-state index in [1.807, 2.05) is 24.3 Å². The molecule has 0 unspecified atom stereocenters. The molecule has 2 aromatic rings. The lowest BCUT2D eigenvalue weighted by Crippen LogP contribution is -2.45. The molecule has 1 aliphatic heterocycles. The lowest BCUT2D eigenvalue weighted by atomic mass is 10.0. The van der Waals surface area contributed by atoms with Crippen LogP contribution in [0.5, 0.6) is 0 Å². The van der Waals surface area contributed by atoms with Crippen molar-refractivity contribution >= 4 is 28.3 Å². The summed E-state index contributed by atoms with van der Waals surface area (Å²) in [6, 6.07) is 7.99. The van der Waals surface area contributed by atoms with E-state index in [4.69, 9.17) is 20.9 Å². The third-order valence-corrected chi connectivity index (χ3v) is 5.90. The molecule has 1 saturated heterocycles. The lowest BCUT2D eigenvalue weighted by molar-refractivity contribution is -0.142. The summed E-state index contributed by atoms with van der Waals surface area (Å²) in [4.78, 5) is 20.6. The summed E-state index contributed by atoms with van der Waals surface area (Å²) in [6.45, 7) is 2.13. The SMILES string of the molecule is COC(=O)CN1CCC(N(C)c2nc(-c3ccc(C(=N)N)cc3)cs2)CC1. The van der Waals surface area contributed by atoms with Gasteiger partial charge in [0.25, 0.3) is 0 Å². The van der Waals surface area contributed by atoms with Gasteiger partial charge in [-0.25, -0.2) is 4.98 Å². The number of anilines is 1. The Bertz CT molecular complexity index is 797. The van der Waals surface area contributed by atoms with Crippen LogP contribution in [0.25, 0.3) is 11.3 Å². The van der Waals surface area contributed by atoms with E-state index in [2.05, 4.69) is 22.2 Å². The minimum atomic E-state index is -0.179. The summed E-state index contributed by atoms with van der Waals surface area (Å²) in [6.07, 6.45) is 1.99. The van der Waals surface area contributed by atoms with Crippen molar-refractivity contribution < 1.29 is 9.53 Å². The zero-order chi connectivity index (χ0) is 19.4. The highest BCUT2D eigenvalue weighted by molar-refractivity contribution is 7.14. The molecule has 7 nitrogen and oxygen atoms in total. The Labute approximate surface area is 163 Å². The van der Waals surface area contributed by atoms with E-state index in [0.29, 0.717) is 18.2 Å². The number of esters is 1. The topological polar surface area (TPSA) is 95.5 Å². The summed E-state index contributed by atoms with van der Waals surface area (Å²) >= 11 is 1.63. The predicted octanol–water partition coefficient (Wildman–Crippen LogP) is 2.17. The third-order valence-electron chi connectivity index (χ3n) is 4.97. The highest BCUT2D eigenvalue weighted by Gasteiger charge is 2.25. The minimum absolute atomic E-state index is 0.0683. The Balaban J connectivity index is 1.61. The van der Waals surface area contributed by atoms with Crippen LogP contribution in [0, 0.1) is 5.41 Å². The van der Waals surface area contributed by atoms with Crippen LogP contribution in [0.15, 0.2) is 29.6 Å². The number of nitrogens with one attached hydrogen (secondary N) is 1. The standard InChI is InChI=1S/C19H25N5O2S/c1-23(15-7-9-24(10-8-15)11-17(25)26-2)19-22-16(12-27-19)13-3-5-14(6-4-13)18(20)21/h3-6,12,15H,7-11H2,1-2H3,(H3,20,21). The Morgan fingerprint density at radius 1 is 1.37 bits per heavy atom. The van der Waals surface area contributed by atoms with Crippen LogP contribution >= 0.6 is 11.3 Å². The third kappa shape index (κ3) is 4.64. The normalized spacial score (nSPS) is 15.5. The summed E-state index contributed by atoms with van der Waals surface area (Å²) < 4.78 is 4.74. The molecule has 27 heavy (non-hydrogen) atoms. The molecule has 3 rings (SSSR count). The number of amidine groups is 1. The highest BCUT2D eigenvalue weighted by Crippen LogP contribution is 2.30. The molecule has 2 heterocycles. The van der Waals surface area contributed by atoms with Crippen molar-refractivity contribution in [3.05, 3.63) is 35.2 Å². The maximum atomic E-state index is 11.4. The maximum Gasteiger partial charge on any atom is 0.319 e. The first kappa shape index (κ1) is 19.3. The largest absolute Gasteiger partial charge is 0.468 e. The second-order valence-corrected chi connectivity index (χ2v) is 7.54. The van der Waals surface area contributed by atoms with Gasteiger partial charge in [0, 0.05) is 42.7 Å². The lowest BCUT2D eigenvalue weighted by Gasteiger charge is -2.36. The number of carbonyl (C=O) groups excluding carboxylic acids is 1. The van der Waals surface area contributed by atoms with Gasteiger partial charge in [-0.3, -0.25) is 15.1 Å². The fourth-order valence-electron chi connectivity index (χ4n) is 3.25. The average molecular weight is 388 g/mol. The monoisotopic (exact) mass is 387 g/mol. The van der Waals surface area contributed by atoms with Crippen molar-refractivity contribution in [1.29, 1.82) is 5.41 Å². The zero-order valence-electron chi connectivity index (χ0n) is 15.6. The number of hydrogen-bond acceptors (Lipinski definition) is 7. The molecule has 0 amide bonds. The summed E-state index contributed by atoms with van der Waals surface area (Å²) in [5.41, 5.74) is 8.17. The Morgan fingerprint density at radius 3 is 2.63 bits per heavy atom. The average Bonchev–Trinajstić information content (AvgIpc) is 3.18. The molecule has 0 spiro atoms. The van der Waals surface area contributed by atoms with Crippen LogP contribution in [-0.4, -0.2) is 61.5 Å². The van der Waals surface area contributed by atoms with Gasteiger partial charge in [-0.2, -0.15) is 0 Å². The number of piperidine rings is 1. The number of hydrogen-bond donors (Lipinski definition) is 2. The second-order valence-electron chi connectivity index (χ2n) is 6.70. The van der Waals surface area contributed by atoms with Gasteiger partial charge in [0.15, 0.2) is 5.13 Å². The van der Waals surface area contributed by atoms with Gasteiger partial charge in [-0.15, -0.1) is 11.3 Å². The molecule has 0 atom stereocenters. The van der Waals surface area contributed by atoms with Crippen LogP contribution in [0.1, 0.15) is 18.4 Å². The van der Waals surface area contributed by atoms with Crippen molar-refractivity contribution in [3.63, 3.8) is 0 Å². The highest BCUT2D eigenvalue weighted by atomic mass is 32.1. The van der Waals surface area contributed by atoms with Gasteiger partial charge >= 0.3 is 5.97 Å². The number of aromatic nitrogens is 1. The molecule has 1 aromatic carbocycles. The molecular weight excluding hydrogens is 362 g/mol. The summed E-state index contributed by atoms with van der Waals surface area (Å²) in [7, 11) is 3.51. The number of benzene rings is 1. The van der Waals surface area contributed by atoms with E-state index in [0.717, 1.165) is 42.3 Å². The van der Waals surface area contributed by atoms with E-state index in [-0.39, 0.29) is 11.8 Å². The Hall–Kier alpha value is -2.45. The number of nitrogen functional groups attached to an aromatic ring is 1. The molecule has 0 bridgehead atoms. The molecule has 0 saturated carbocycles. The first-order chi connectivity index (χ1) is 13.0. The van der Waals surface area contributed by atoms with Gasteiger partial charge in [0.2, 0.25) is 0 Å². The Kier molecular flexibility index (Phi) is 6.08. The van der Waals surface area contributed by atoms with Gasteiger partial charge in [-0.05, 0) is 12.8 Å². The molecule has 1 aromatic heterocycles. The zero-order valence-corrected chi connectivity index (χ0v) is 16.5. The fraction of sp³-hybridized carbons (Fsp3) is 0.421. The van der Waals surface area contributed by atoms with Crippen LogP contribution in [0.4, 0.5) is 5.13 Å². The molecule has 0 aliphatic carbocycles. The van der Waals surface area contributed by atoms with Crippen LogP contribution < -0.4 is 10.6 Å². The summed E-state index contributed by atoms with van der Waals surface area (Å²) in [5.74, 6) is -0.110. The molecule has 8 heteroatoms. The number of thiazole rings is 1. The van der Waals surface area contributed by atoms with Crippen LogP contribution in [0.3, 0.4) is 0 Å². The van der Waals surface area contributed by atoms with Gasteiger partial charge in [0.1, 0.15) is 5.84 Å². The fourth-order valence-corrected chi connectivity index (χ4v) is 4.12. The number of nitrogens with two attached hydrogens (primary N) is 1. The van der Waals surface area contributed by atoms with Crippen molar-refractivity contribution in [2.75, 3.05) is 38.7 Å². The van der Waals surface area contributed by atoms with Crippen molar-refractivity contribution in [2.45, 2.75) is 18.9 Å². The predicted molar refractivity (Wildman–Crippen MR) is 108 cm³/mol. The van der Waals surface area contributed by atoms with E-state index < -0.39 is 0 Å². The van der Waals surface area contributed by atoms with Crippen LogP contribution in [-0.2, 0) is 9.53 Å². The van der Waals surface area contributed by atoms with E-state index >= 15 is 0 Å². The quantitative estimate of drug-likeness (QED) is 0.448. The first-order valence-electron chi connectivity index (χ1n) is 8.90. The van der Waals surface area contributed by atoms with Crippen molar-refractivity contribution in [2.24, 2.45) is 5.73 Å². The minimum Gasteiger partial charge on any atom is -0.468 e. The smallest absolute Gasteiger partial charge is 0.319 e. The van der Waals surface area contributed by atoms with Crippen LogP contribution in [0.2, 0.25) is 0 Å². The van der Waals surface area contributed by atoms with Crippen molar-refractivity contribution in [1.82, 2.24) is 9.88 Å². The number of rotatable bonds is 6. The number of nitrogens with zero attached hydrogens (tertiary/aromatic N) is 3. The second kappa shape index (κ2) is 8.49. The summed E-state index contributed by atoms with van der Waals surface area (Å²) in [5, 5.41) is 10.5. The van der Waals surface area contributed by atoms with Crippen molar-refractivity contribution in [3.8, 4) is 11.3 Å². The molecule has 1 aliphatic rings. The number of methoxy groups -OCH3 is 1. The van der Waals surface area contributed by atoms with E-state index in [9.17, 15) is 4.79 Å². The Morgan fingerprint density at radius 2 is 2.04 bits per heavy atom. The van der Waals surface area contributed by atoms with Gasteiger partial charge in [0.05, 0.1) is 19.3 Å². The van der Waals surface area contributed by atoms with Gasteiger partial charge in [-0.1, -0.05) is 24.3 Å². The van der Waals surface area contributed by atoms with E-state index in [1.165, 1.54) is 7.11 Å². The number of carbonyl (C=O) groups is 1. The molecular formula is C19H25N5O2S.